The fourth-order valence-corrected chi connectivity index (χ4v) is 2.82. The predicted octanol–water partition coefficient (Wildman–Crippen LogP) is 3.84. The van der Waals surface area contributed by atoms with Crippen LogP contribution in [0.15, 0.2) is 24.5 Å². The largest absolute Gasteiger partial charge is 0.462 e. The molecule has 1 aromatic carbocycles. The first-order chi connectivity index (χ1) is 11.0. The van der Waals surface area contributed by atoms with Crippen molar-refractivity contribution in [2.75, 3.05) is 12.3 Å². The fraction of sp³-hybridized carbons (Fsp3) is 0.444. The minimum atomic E-state index is -0.339. The van der Waals surface area contributed by atoms with Gasteiger partial charge in [-0.25, -0.2) is 9.78 Å². The zero-order chi connectivity index (χ0) is 17.0. The molecule has 0 radical (unpaired) electrons. The summed E-state index contributed by atoms with van der Waals surface area (Å²) in [6.07, 6.45) is 5.76. The Morgan fingerprint density at radius 1 is 1.30 bits per heavy atom. The highest BCUT2D eigenvalue weighted by atomic mass is 16.5. The van der Waals surface area contributed by atoms with Crippen molar-refractivity contribution in [1.82, 2.24) is 9.55 Å². The van der Waals surface area contributed by atoms with Crippen LogP contribution >= 0.6 is 0 Å². The van der Waals surface area contributed by atoms with E-state index in [2.05, 4.69) is 18.8 Å². The lowest BCUT2D eigenvalue weighted by molar-refractivity contribution is 0.0525. The zero-order valence-electron chi connectivity index (χ0n) is 14.3. The van der Waals surface area contributed by atoms with Gasteiger partial charge < -0.3 is 15.0 Å². The van der Waals surface area contributed by atoms with E-state index in [1.807, 2.05) is 23.8 Å². The number of nitrogens with two attached hydrogens (primary N) is 1. The normalized spacial score (nSPS) is 11.0. The number of esters is 1. The van der Waals surface area contributed by atoms with Gasteiger partial charge in [-0.05, 0) is 44.4 Å². The molecular weight excluding hydrogens is 290 g/mol. The summed E-state index contributed by atoms with van der Waals surface area (Å²) in [7, 11) is 0. The Balaban J connectivity index is 2.48. The number of aryl methyl sites for hydroxylation is 1. The first kappa shape index (κ1) is 17.1. The van der Waals surface area contributed by atoms with Gasteiger partial charge in [0.15, 0.2) is 0 Å². The molecule has 0 saturated heterocycles. The van der Waals surface area contributed by atoms with Crippen molar-refractivity contribution in [2.45, 2.75) is 46.5 Å². The number of nitrogen functional groups attached to an aromatic ring is 1. The first-order valence-corrected chi connectivity index (χ1v) is 8.14. The molecule has 5 nitrogen and oxygen atoms in total. The van der Waals surface area contributed by atoms with E-state index in [1.165, 1.54) is 0 Å². The van der Waals surface area contributed by atoms with Gasteiger partial charge >= 0.3 is 5.97 Å². The van der Waals surface area contributed by atoms with Crippen LogP contribution in [0.1, 0.15) is 61.3 Å². The maximum atomic E-state index is 12.0. The van der Waals surface area contributed by atoms with Crippen molar-refractivity contribution >= 4 is 11.7 Å². The number of anilines is 1. The van der Waals surface area contributed by atoms with Crippen LogP contribution in [-0.4, -0.2) is 22.1 Å². The van der Waals surface area contributed by atoms with Gasteiger partial charge in [0.05, 0.1) is 23.5 Å². The number of imidazole rings is 1. The third-order valence-corrected chi connectivity index (χ3v) is 4.15. The molecule has 0 fully saturated rings. The molecule has 0 amide bonds. The highest BCUT2D eigenvalue weighted by Gasteiger charge is 2.18. The molecule has 2 aromatic rings. The lowest BCUT2D eigenvalue weighted by atomic mass is 10.0. The van der Waals surface area contributed by atoms with E-state index in [9.17, 15) is 4.79 Å². The zero-order valence-corrected chi connectivity index (χ0v) is 14.3. The Morgan fingerprint density at radius 2 is 2.00 bits per heavy atom. The summed E-state index contributed by atoms with van der Waals surface area (Å²) in [5, 5.41) is 0. The molecule has 0 atom stereocenters. The summed E-state index contributed by atoms with van der Waals surface area (Å²) in [5.74, 6) is 1.05. The number of hydrogen-bond donors (Lipinski definition) is 1. The molecule has 2 N–H and O–H groups in total. The maximum Gasteiger partial charge on any atom is 0.338 e. The van der Waals surface area contributed by atoms with Crippen LogP contribution < -0.4 is 5.73 Å². The third-order valence-electron chi connectivity index (χ3n) is 4.15. The Bertz CT molecular complexity index is 688. The molecule has 0 saturated carbocycles. The summed E-state index contributed by atoms with van der Waals surface area (Å²) in [6, 6.07) is 3.62. The molecule has 1 heterocycles. The molecule has 2 rings (SSSR count). The second-order valence-corrected chi connectivity index (χ2v) is 5.62. The van der Waals surface area contributed by atoms with E-state index in [0.29, 0.717) is 23.8 Å². The second kappa shape index (κ2) is 7.31. The number of carbonyl (C=O) groups is 1. The fourth-order valence-electron chi connectivity index (χ4n) is 2.82. The quantitative estimate of drug-likeness (QED) is 0.649. The average molecular weight is 315 g/mol. The van der Waals surface area contributed by atoms with Crippen LogP contribution in [0, 0.1) is 6.92 Å². The van der Waals surface area contributed by atoms with Gasteiger partial charge in [-0.15, -0.1) is 0 Å². The summed E-state index contributed by atoms with van der Waals surface area (Å²) >= 11 is 0. The smallest absolute Gasteiger partial charge is 0.338 e. The van der Waals surface area contributed by atoms with Crippen molar-refractivity contribution in [2.24, 2.45) is 0 Å². The second-order valence-electron chi connectivity index (χ2n) is 5.62. The van der Waals surface area contributed by atoms with E-state index in [0.717, 1.165) is 29.9 Å². The predicted molar refractivity (Wildman–Crippen MR) is 92.0 cm³/mol. The van der Waals surface area contributed by atoms with Gasteiger partial charge in [-0.2, -0.15) is 0 Å². The molecule has 1 aromatic heterocycles. The van der Waals surface area contributed by atoms with Gasteiger partial charge in [-0.1, -0.05) is 13.8 Å². The lowest BCUT2D eigenvalue weighted by Crippen LogP contribution is -2.12. The van der Waals surface area contributed by atoms with Crippen molar-refractivity contribution in [1.29, 1.82) is 0 Å². The third kappa shape index (κ3) is 3.38. The maximum absolute atomic E-state index is 12.0. The van der Waals surface area contributed by atoms with Crippen LogP contribution in [0.2, 0.25) is 0 Å². The molecular formula is C18H25N3O2. The molecule has 0 bridgehead atoms. The highest BCUT2D eigenvalue weighted by molar-refractivity contribution is 5.93. The number of benzene rings is 1. The van der Waals surface area contributed by atoms with E-state index in [1.54, 1.807) is 19.2 Å². The van der Waals surface area contributed by atoms with Crippen LogP contribution in [0.5, 0.6) is 0 Å². The lowest BCUT2D eigenvalue weighted by Gasteiger charge is -2.18. The van der Waals surface area contributed by atoms with Gasteiger partial charge in [0.1, 0.15) is 5.82 Å². The van der Waals surface area contributed by atoms with Crippen LogP contribution in [0.25, 0.3) is 5.69 Å². The summed E-state index contributed by atoms with van der Waals surface area (Å²) in [6.45, 7) is 8.35. The van der Waals surface area contributed by atoms with E-state index in [-0.39, 0.29) is 5.97 Å². The molecule has 0 aliphatic rings. The molecule has 23 heavy (non-hydrogen) atoms. The topological polar surface area (TPSA) is 70.1 Å². The van der Waals surface area contributed by atoms with E-state index in [4.69, 9.17) is 10.5 Å². The Kier molecular flexibility index (Phi) is 5.42. The standard InChI is InChI=1S/C18H25N3O2/c1-5-13(6-2)17-20-8-9-21(17)16-10-12(4)14(11-15(16)19)18(22)23-7-3/h8-11,13H,5-7,19H2,1-4H3. The minimum Gasteiger partial charge on any atom is -0.462 e. The number of ether oxygens (including phenoxy) is 1. The number of aromatic nitrogens is 2. The summed E-state index contributed by atoms with van der Waals surface area (Å²) in [5.41, 5.74) is 8.97. The molecule has 124 valence electrons. The molecule has 0 aliphatic carbocycles. The van der Waals surface area contributed by atoms with Crippen LogP contribution in [0.3, 0.4) is 0 Å². The molecule has 0 aliphatic heterocycles. The van der Waals surface area contributed by atoms with Gasteiger partial charge in [0.2, 0.25) is 0 Å². The van der Waals surface area contributed by atoms with Crippen LogP contribution in [0.4, 0.5) is 5.69 Å². The van der Waals surface area contributed by atoms with Gasteiger partial charge in [0, 0.05) is 18.3 Å². The molecule has 0 spiro atoms. The van der Waals surface area contributed by atoms with Crippen molar-refractivity contribution in [3.63, 3.8) is 0 Å². The molecule has 0 unspecified atom stereocenters. The number of hydrogen-bond acceptors (Lipinski definition) is 4. The van der Waals surface area contributed by atoms with Crippen LogP contribution in [-0.2, 0) is 4.74 Å². The number of nitrogens with zero attached hydrogens (tertiary/aromatic N) is 2. The summed E-state index contributed by atoms with van der Waals surface area (Å²) in [4.78, 5) is 16.5. The summed E-state index contributed by atoms with van der Waals surface area (Å²) < 4.78 is 7.10. The number of carbonyl (C=O) groups excluding carboxylic acids is 1. The van der Waals surface area contributed by atoms with Gasteiger partial charge in [-0.3, -0.25) is 0 Å². The van der Waals surface area contributed by atoms with Crippen molar-refractivity contribution < 1.29 is 9.53 Å². The monoisotopic (exact) mass is 315 g/mol. The Hall–Kier alpha value is -2.30. The molecule has 5 heteroatoms. The van der Waals surface area contributed by atoms with Crippen molar-refractivity contribution in [3.8, 4) is 5.69 Å². The number of rotatable bonds is 6. The minimum absolute atomic E-state index is 0.339. The van der Waals surface area contributed by atoms with Crippen molar-refractivity contribution in [3.05, 3.63) is 41.5 Å². The SMILES string of the molecule is CCOC(=O)c1cc(N)c(-n2ccnc2C(CC)CC)cc1C. The van der Waals surface area contributed by atoms with Gasteiger partial charge in [0.25, 0.3) is 0 Å². The Morgan fingerprint density at radius 3 is 2.61 bits per heavy atom. The highest BCUT2D eigenvalue weighted by Crippen LogP contribution is 2.28. The Labute approximate surface area is 137 Å². The average Bonchev–Trinajstić information content (AvgIpc) is 3.00. The van der Waals surface area contributed by atoms with E-state index >= 15 is 0 Å². The first-order valence-electron chi connectivity index (χ1n) is 8.14. The van der Waals surface area contributed by atoms with E-state index < -0.39 is 0 Å².